The van der Waals surface area contributed by atoms with Gasteiger partial charge >= 0.3 is 0 Å². The largest absolute Gasteiger partial charge is 0.0840 e. The van der Waals surface area contributed by atoms with Crippen molar-refractivity contribution in [2.75, 3.05) is 0 Å². The average molecular weight is 231 g/mol. The first-order chi connectivity index (χ1) is 7.68. The first-order valence-electron chi connectivity index (χ1n) is 5.49. The maximum absolute atomic E-state index is 6.24. The first kappa shape index (κ1) is 11.2. The number of aryl methyl sites for hydroxylation is 1. The van der Waals surface area contributed by atoms with E-state index in [4.69, 9.17) is 11.6 Å². The topological polar surface area (TPSA) is 0 Å². The van der Waals surface area contributed by atoms with Crippen LogP contribution in [0.3, 0.4) is 0 Å². The number of rotatable bonds is 2. The van der Waals surface area contributed by atoms with Crippen molar-refractivity contribution in [3.05, 3.63) is 70.2 Å². The molecule has 0 spiro atoms. The van der Waals surface area contributed by atoms with Crippen LogP contribution >= 0.6 is 11.6 Å². The normalized spacial score (nSPS) is 12.4. The van der Waals surface area contributed by atoms with Gasteiger partial charge in [-0.1, -0.05) is 66.6 Å². The summed E-state index contributed by atoms with van der Waals surface area (Å²) in [6.07, 6.45) is 0. The van der Waals surface area contributed by atoms with Crippen LogP contribution in [0.15, 0.2) is 48.5 Å². The van der Waals surface area contributed by atoms with Gasteiger partial charge in [-0.25, -0.2) is 0 Å². The summed E-state index contributed by atoms with van der Waals surface area (Å²) in [5.41, 5.74) is 3.75. The molecule has 0 radical (unpaired) electrons. The second kappa shape index (κ2) is 4.71. The molecule has 0 saturated carbocycles. The van der Waals surface area contributed by atoms with E-state index >= 15 is 0 Å². The van der Waals surface area contributed by atoms with Crippen molar-refractivity contribution in [2.24, 2.45) is 0 Å². The van der Waals surface area contributed by atoms with Gasteiger partial charge in [0.15, 0.2) is 0 Å². The fourth-order valence-corrected chi connectivity index (χ4v) is 2.20. The molecule has 2 rings (SSSR count). The molecule has 0 aromatic heterocycles. The third kappa shape index (κ3) is 2.28. The van der Waals surface area contributed by atoms with Crippen molar-refractivity contribution >= 4 is 11.6 Å². The lowest BCUT2D eigenvalue weighted by atomic mass is 9.92. The monoisotopic (exact) mass is 230 g/mol. The smallest absolute Gasteiger partial charge is 0.0444 e. The summed E-state index contributed by atoms with van der Waals surface area (Å²) in [7, 11) is 0. The molecule has 0 bridgehead atoms. The van der Waals surface area contributed by atoms with Crippen molar-refractivity contribution < 1.29 is 0 Å². The molecule has 0 saturated heterocycles. The minimum atomic E-state index is 0.341. The van der Waals surface area contributed by atoms with Crippen LogP contribution in [0.4, 0.5) is 0 Å². The minimum absolute atomic E-state index is 0.341. The van der Waals surface area contributed by atoms with Gasteiger partial charge in [0.05, 0.1) is 0 Å². The highest BCUT2D eigenvalue weighted by Gasteiger charge is 2.11. The molecule has 0 nitrogen and oxygen atoms in total. The zero-order valence-electron chi connectivity index (χ0n) is 9.57. The highest BCUT2D eigenvalue weighted by Crippen LogP contribution is 2.30. The molecule has 2 aromatic rings. The molecule has 0 aliphatic rings. The molecular formula is C15H15Cl. The Hall–Kier alpha value is -1.27. The van der Waals surface area contributed by atoms with Crippen molar-refractivity contribution in [1.82, 2.24) is 0 Å². The van der Waals surface area contributed by atoms with E-state index in [0.717, 1.165) is 5.02 Å². The van der Waals surface area contributed by atoms with Crippen molar-refractivity contribution in [2.45, 2.75) is 19.8 Å². The molecule has 0 N–H and O–H groups in total. The number of halogens is 1. The molecule has 16 heavy (non-hydrogen) atoms. The molecule has 1 heteroatoms. The number of benzene rings is 2. The Balaban J connectivity index is 2.41. The zero-order chi connectivity index (χ0) is 11.5. The second-order valence-corrected chi connectivity index (χ2v) is 4.56. The Kier molecular flexibility index (Phi) is 3.31. The van der Waals surface area contributed by atoms with Crippen LogP contribution in [0, 0.1) is 6.92 Å². The van der Waals surface area contributed by atoms with E-state index in [1.165, 1.54) is 16.7 Å². The Bertz CT molecular complexity index is 474. The Morgan fingerprint density at radius 1 is 1.00 bits per heavy atom. The summed E-state index contributed by atoms with van der Waals surface area (Å²) in [5.74, 6) is 0.341. The highest BCUT2D eigenvalue weighted by atomic mass is 35.5. The predicted octanol–water partition coefficient (Wildman–Crippen LogP) is 4.80. The summed E-state index contributed by atoms with van der Waals surface area (Å²) >= 11 is 6.24. The predicted molar refractivity (Wildman–Crippen MR) is 70.1 cm³/mol. The Labute approximate surface area is 102 Å². The molecule has 0 fully saturated rings. The van der Waals surface area contributed by atoms with E-state index in [1.54, 1.807) is 0 Å². The lowest BCUT2D eigenvalue weighted by Gasteiger charge is -2.14. The van der Waals surface area contributed by atoms with E-state index in [9.17, 15) is 0 Å². The van der Waals surface area contributed by atoms with Gasteiger partial charge in [-0.15, -0.1) is 0 Å². The Morgan fingerprint density at radius 3 is 2.38 bits per heavy atom. The van der Waals surface area contributed by atoms with Crippen molar-refractivity contribution in [1.29, 1.82) is 0 Å². The molecule has 1 unspecified atom stereocenters. The van der Waals surface area contributed by atoms with Crippen LogP contribution in [-0.2, 0) is 0 Å². The van der Waals surface area contributed by atoms with E-state index < -0.39 is 0 Å². The average Bonchev–Trinajstić information content (AvgIpc) is 2.32. The van der Waals surface area contributed by atoms with E-state index in [0.29, 0.717) is 5.92 Å². The summed E-state index contributed by atoms with van der Waals surface area (Å²) in [4.78, 5) is 0. The van der Waals surface area contributed by atoms with Gasteiger partial charge < -0.3 is 0 Å². The summed E-state index contributed by atoms with van der Waals surface area (Å²) in [6, 6.07) is 16.6. The standard InChI is InChI=1S/C15H15Cl/c1-11-8-9-15(16)14(10-11)12(2)13-6-4-3-5-7-13/h3-10,12H,1-2H3. The SMILES string of the molecule is Cc1ccc(Cl)c(C(C)c2ccccc2)c1. The van der Waals surface area contributed by atoms with E-state index in [1.807, 2.05) is 18.2 Å². The van der Waals surface area contributed by atoms with Gasteiger partial charge in [-0.05, 0) is 24.1 Å². The van der Waals surface area contributed by atoms with E-state index in [-0.39, 0.29) is 0 Å². The quantitative estimate of drug-likeness (QED) is 0.695. The van der Waals surface area contributed by atoms with Crippen molar-refractivity contribution in [3.8, 4) is 0 Å². The number of hydrogen-bond donors (Lipinski definition) is 0. The molecule has 0 aliphatic carbocycles. The van der Waals surface area contributed by atoms with Crippen LogP contribution < -0.4 is 0 Å². The molecule has 2 aromatic carbocycles. The molecule has 1 atom stereocenters. The lowest BCUT2D eigenvalue weighted by Crippen LogP contribution is -1.97. The summed E-state index contributed by atoms with van der Waals surface area (Å²) < 4.78 is 0. The Morgan fingerprint density at radius 2 is 1.69 bits per heavy atom. The van der Waals surface area contributed by atoms with Gasteiger partial charge in [-0.2, -0.15) is 0 Å². The third-order valence-electron chi connectivity index (χ3n) is 2.92. The maximum atomic E-state index is 6.24. The molecule has 0 aliphatic heterocycles. The molecular weight excluding hydrogens is 216 g/mol. The van der Waals surface area contributed by atoms with Gasteiger partial charge in [-0.3, -0.25) is 0 Å². The van der Waals surface area contributed by atoms with Crippen LogP contribution in [0.2, 0.25) is 5.02 Å². The fraction of sp³-hybridized carbons (Fsp3) is 0.200. The van der Waals surface area contributed by atoms with E-state index in [2.05, 4.69) is 44.2 Å². The first-order valence-corrected chi connectivity index (χ1v) is 5.87. The summed E-state index contributed by atoms with van der Waals surface area (Å²) in [5, 5.41) is 0.849. The van der Waals surface area contributed by atoms with Crippen molar-refractivity contribution in [3.63, 3.8) is 0 Å². The van der Waals surface area contributed by atoms with Crippen LogP contribution in [0.25, 0.3) is 0 Å². The fourth-order valence-electron chi connectivity index (χ4n) is 1.92. The molecule has 0 amide bonds. The zero-order valence-corrected chi connectivity index (χ0v) is 10.3. The third-order valence-corrected chi connectivity index (χ3v) is 3.26. The van der Waals surface area contributed by atoms with Gasteiger partial charge in [0, 0.05) is 10.9 Å². The molecule has 0 heterocycles. The van der Waals surface area contributed by atoms with Crippen LogP contribution in [0.5, 0.6) is 0 Å². The summed E-state index contributed by atoms with van der Waals surface area (Å²) in [6.45, 7) is 4.29. The maximum Gasteiger partial charge on any atom is 0.0444 e. The highest BCUT2D eigenvalue weighted by molar-refractivity contribution is 6.31. The number of hydrogen-bond acceptors (Lipinski definition) is 0. The van der Waals surface area contributed by atoms with Gasteiger partial charge in [0.25, 0.3) is 0 Å². The second-order valence-electron chi connectivity index (χ2n) is 4.16. The minimum Gasteiger partial charge on any atom is -0.0840 e. The molecule has 82 valence electrons. The van der Waals surface area contributed by atoms with Gasteiger partial charge in [0.1, 0.15) is 0 Å². The van der Waals surface area contributed by atoms with Crippen LogP contribution in [-0.4, -0.2) is 0 Å². The van der Waals surface area contributed by atoms with Crippen LogP contribution in [0.1, 0.15) is 29.5 Å². The lowest BCUT2D eigenvalue weighted by molar-refractivity contribution is 0.920. The van der Waals surface area contributed by atoms with Gasteiger partial charge in [0.2, 0.25) is 0 Å².